The monoisotopic (exact) mass is 560 g/mol. The van der Waals surface area contributed by atoms with Crippen molar-refractivity contribution in [2.24, 2.45) is 5.92 Å². The van der Waals surface area contributed by atoms with Crippen LogP contribution in [0, 0.1) is 5.92 Å². The van der Waals surface area contributed by atoms with E-state index >= 15 is 0 Å². The highest BCUT2D eigenvalue weighted by molar-refractivity contribution is 5.66. The number of carboxylic acids is 1. The fourth-order valence-electron chi connectivity index (χ4n) is 2.77. The minimum Gasteiger partial charge on any atom is -0.481 e. The maximum Gasteiger partial charge on any atom is 0.303 e. The Labute approximate surface area is 229 Å². The zero-order valence-corrected chi connectivity index (χ0v) is 23.8. The molecular formula is C27H60O11. The van der Waals surface area contributed by atoms with Gasteiger partial charge in [-0.25, -0.2) is 0 Å². The van der Waals surface area contributed by atoms with Gasteiger partial charge in [-0.15, -0.1) is 0 Å². The number of hydrogen-bond acceptors (Lipinski definition) is 10. The van der Waals surface area contributed by atoms with Crippen molar-refractivity contribution < 1.29 is 55.9 Å². The summed E-state index contributed by atoms with van der Waals surface area (Å²) in [7, 11) is 0. The van der Waals surface area contributed by atoms with Gasteiger partial charge in [-0.3, -0.25) is 4.79 Å². The van der Waals surface area contributed by atoms with E-state index in [4.69, 9.17) is 51.1 Å². The van der Waals surface area contributed by atoms with Crippen molar-refractivity contribution >= 4 is 5.97 Å². The highest BCUT2D eigenvalue weighted by atomic mass is 16.4. The Hall–Kier alpha value is -0.890. The largest absolute Gasteiger partial charge is 0.481 e. The van der Waals surface area contributed by atoms with Crippen LogP contribution in [0.1, 0.15) is 104 Å². The molecule has 0 aromatic rings. The van der Waals surface area contributed by atoms with Crippen molar-refractivity contribution in [3.8, 4) is 0 Å². The molecule has 10 N–H and O–H groups in total. The van der Waals surface area contributed by atoms with E-state index in [2.05, 4.69) is 13.8 Å². The normalized spacial score (nSPS) is 10.6. The third-order valence-electron chi connectivity index (χ3n) is 5.19. The van der Waals surface area contributed by atoms with E-state index < -0.39 is 24.3 Å². The highest BCUT2D eigenvalue weighted by Gasteiger charge is 1.98. The van der Waals surface area contributed by atoms with E-state index in [1.807, 2.05) is 0 Å². The lowest BCUT2D eigenvalue weighted by Gasteiger charge is -2.04. The molecule has 0 unspecified atom stereocenters. The molecule has 0 aromatic heterocycles. The van der Waals surface area contributed by atoms with Crippen LogP contribution >= 0.6 is 0 Å². The molecule has 0 aliphatic heterocycles. The van der Waals surface area contributed by atoms with Gasteiger partial charge in [0, 0.05) is 6.42 Å². The predicted molar refractivity (Wildman–Crippen MR) is 148 cm³/mol. The summed E-state index contributed by atoms with van der Waals surface area (Å²) in [5, 5.41) is 80.6. The second-order valence-electron chi connectivity index (χ2n) is 9.63. The minimum atomic E-state index is -0.954. The first-order valence-electron chi connectivity index (χ1n) is 14.0. The van der Waals surface area contributed by atoms with E-state index in [9.17, 15) is 4.79 Å². The molecule has 0 aliphatic rings. The molecular weight excluding hydrogens is 500 g/mol. The lowest BCUT2D eigenvalue weighted by molar-refractivity contribution is -0.137. The van der Waals surface area contributed by atoms with Crippen LogP contribution in [0.25, 0.3) is 0 Å². The molecule has 0 atom stereocenters. The van der Waals surface area contributed by atoms with Gasteiger partial charge in [-0.05, 0) is 12.3 Å². The number of carbonyl (C=O) groups is 1. The topological polar surface area (TPSA) is 219 Å². The van der Waals surface area contributed by atoms with Gasteiger partial charge in [0.1, 0.15) is 18.3 Å². The predicted octanol–water partition coefficient (Wildman–Crippen LogP) is 1.18. The third-order valence-corrected chi connectivity index (χ3v) is 5.19. The molecule has 0 aliphatic carbocycles. The molecule has 0 fully saturated rings. The van der Waals surface area contributed by atoms with Crippen LogP contribution in [-0.4, -0.2) is 115 Å². The second kappa shape index (κ2) is 38.3. The average molecular weight is 561 g/mol. The Balaban J connectivity index is -0.000000259. The van der Waals surface area contributed by atoms with E-state index in [0.717, 1.165) is 18.8 Å². The van der Waals surface area contributed by atoms with E-state index in [1.165, 1.54) is 70.6 Å². The summed E-state index contributed by atoms with van der Waals surface area (Å²) < 4.78 is 0. The summed E-state index contributed by atoms with van der Waals surface area (Å²) in [6.07, 6.45) is 14.5. The van der Waals surface area contributed by atoms with Gasteiger partial charge in [0.05, 0.1) is 39.6 Å². The maximum atomic E-state index is 10.3. The zero-order chi connectivity index (χ0) is 30.0. The Morgan fingerprint density at radius 3 is 0.895 bits per heavy atom. The van der Waals surface area contributed by atoms with E-state index in [1.54, 1.807) is 0 Å². The van der Waals surface area contributed by atoms with Crippen molar-refractivity contribution in [3.05, 3.63) is 0 Å². The standard InChI is InChI=1S/C18H36O2.3C3H8O3/c1-17(2)15-13-11-9-7-5-3-4-6-8-10-12-14-16-18(19)20;3*4-1-3(6)2-5/h17H,3-16H2,1-2H3,(H,19,20);3*3-6H,1-2H2. The van der Waals surface area contributed by atoms with Crippen molar-refractivity contribution in [1.29, 1.82) is 0 Å². The summed E-state index contributed by atoms with van der Waals surface area (Å²) in [6.45, 7) is 2.43. The van der Waals surface area contributed by atoms with Crippen molar-refractivity contribution in [3.63, 3.8) is 0 Å². The minimum absolute atomic E-state index is 0.344. The van der Waals surface area contributed by atoms with Crippen molar-refractivity contribution in [2.75, 3.05) is 39.6 Å². The molecule has 11 nitrogen and oxygen atoms in total. The van der Waals surface area contributed by atoms with Gasteiger partial charge >= 0.3 is 5.97 Å². The van der Waals surface area contributed by atoms with Crippen LogP contribution in [0.3, 0.4) is 0 Å². The molecule has 0 radical (unpaired) electrons. The molecule has 38 heavy (non-hydrogen) atoms. The first kappa shape index (κ1) is 44.1. The fraction of sp³-hybridized carbons (Fsp3) is 0.963. The summed E-state index contributed by atoms with van der Waals surface area (Å²) in [6, 6.07) is 0. The van der Waals surface area contributed by atoms with Gasteiger partial charge in [0.25, 0.3) is 0 Å². The summed E-state index contributed by atoms with van der Waals surface area (Å²) in [5.41, 5.74) is 0. The highest BCUT2D eigenvalue weighted by Crippen LogP contribution is 2.14. The van der Waals surface area contributed by atoms with E-state index in [-0.39, 0.29) is 39.6 Å². The average Bonchev–Trinajstić information content (AvgIpc) is 2.92. The van der Waals surface area contributed by atoms with E-state index in [0.29, 0.717) is 6.42 Å². The van der Waals surface area contributed by atoms with Crippen LogP contribution in [0.15, 0.2) is 0 Å². The molecule has 0 bridgehead atoms. The Morgan fingerprint density at radius 2 is 0.711 bits per heavy atom. The fourth-order valence-corrected chi connectivity index (χ4v) is 2.77. The molecule has 0 spiro atoms. The number of aliphatic hydroxyl groups is 9. The number of carboxylic acid groups (broad SMARTS) is 1. The SMILES string of the molecule is CC(C)CCCCCCCCCCCCCCC(=O)O.OCC(O)CO.OCC(O)CO.OCC(O)CO. The number of aliphatic hydroxyl groups excluding tert-OH is 9. The van der Waals surface area contributed by atoms with Crippen molar-refractivity contribution in [1.82, 2.24) is 0 Å². The molecule has 0 rings (SSSR count). The number of hydrogen-bond donors (Lipinski definition) is 10. The van der Waals surface area contributed by atoms with Gasteiger partial charge < -0.3 is 51.1 Å². The van der Waals surface area contributed by atoms with Gasteiger partial charge in [-0.1, -0.05) is 90.9 Å². The van der Waals surface area contributed by atoms with Crippen LogP contribution in [0.4, 0.5) is 0 Å². The van der Waals surface area contributed by atoms with Gasteiger partial charge in [-0.2, -0.15) is 0 Å². The quantitative estimate of drug-likeness (QED) is 0.0898. The molecule has 0 heterocycles. The molecule has 0 aromatic carbocycles. The molecule has 0 saturated heterocycles. The van der Waals surface area contributed by atoms with Crippen molar-refractivity contribution in [2.45, 2.75) is 122 Å². The Kier molecular flexibility index (Phi) is 44.4. The zero-order valence-electron chi connectivity index (χ0n) is 23.8. The number of rotatable bonds is 21. The van der Waals surface area contributed by atoms with Crippen LogP contribution in [-0.2, 0) is 4.79 Å². The molecule has 0 saturated carbocycles. The lowest BCUT2D eigenvalue weighted by atomic mass is 10.0. The second-order valence-corrected chi connectivity index (χ2v) is 9.63. The first-order valence-corrected chi connectivity index (χ1v) is 14.0. The number of unbranched alkanes of at least 4 members (excludes halogenated alkanes) is 11. The van der Waals surface area contributed by atoms with Gasteiger partial charge in [0.15, 0.2) is 0 Å². The maximum absolute atomic E-state index is 10.3. The Bertz CT molecular complexity index is 390. The molecule has 0 amide bonds. The summed E-state index contributed by atoms with van der Waals surface area (Å²) >= 11 is 0. The van der Waals surface area contributed by atoms with Crippen LogP contribution < -0.4 is 0 Å². The van der Waals surface area contributed by atoms with Crippen LogP contribution in [0.5, 0.6) is 0 Å². The van der Waals surface area contributed by atoms with Gasteiger partial charge in [0.2, 0.25) is 0 Å². The smallest absolute Gasteiger partial charge is 0.303 e. The lowest BCUT2D eigenvalue weighted by Crippen LogP contribution is -2.15. The van der Waals surface area contributed by atoms with Crippen LogP contribution in [0.2, 0.25) is 0 Å². The molecule has 11 heteroatoms. The summed E-state index contributed by atoms with van der Waals surface area (Å²) in [5.74, 6) is 0.212. The number of aliphatic carboxylic acids is 1. The molecule has 234 valence electrons. The Morgan fingerprint density at radius 1 is 0.474 bits per heavy atom. The first-order chi connectivity index (χ1) is 18.1. The summed E-state index contributed by atoms with van der Waals surface area (Å²) in [4.78, 5) is 10.3. The third kappa shape index (κ3) is 51.7.